The van der Waals surface area contributed by atoms with Crippen LogP contribution in [0.5, 0.6) is 0 Å². The summed E-state index contributed by atoms with van der Waals surface area (Å²) in [5, 5.41) is 9.60. The van der Waals surface area contributed by atoms with Crippen molar-refractivity contribution >= 4 is 57.8 Å². The van der Waals surface area contributed by atoms with Gasteiger partial charge in [-0.15, -0.1) is 0 Å². The molecule has 0 spiro atoms. The van der Waals surface area contributed by atoms with Crippen LogP contribution in [0.25, 0.3) is 44.6 Å². The van der Waals surface area contributed by atoms with Crippen LogP contribution in [0.3, 0.4) is 0 Å². The van der Waals surface area contributed by atoms with E-state index < -0.39 is 41.4 Å². The Morgan fingerprint density at radius 1 is 0.691 bits per heavy atom. The Bertz CT molecular complexity index is 2910. The van der Waals surface area contributed by atoms with Gasteiger partial charge in [0.1, 0.15) is 33.9 Å². The highest BCUT2D eigenvalue weighted by atomic mass is 16.6. The van der Waals surface area contributed by atoms with E-state index in [1.54, 1.807) is 60.6 Å². The monoisotopic (exact) mass is 931 g/mol. The lowest BCUT2D eigenvalue weighted by Gasteiger charge is -2.26. The molecule has 68 heavy (non-hydrogen) atoms. The maximum atomic E-state index is 13.1. The summed E-state index contributed by atoms with van der Waals surface area (Å²) in [6.07, 6.45) is -1.23. The topological polar surface area (TPSA) is 218 Å². The van der Waals surface area contributed by atoms with Crippen LogP contribution in [0, 0.1) is 13.8 Å². The van der Waals surface area contributed by atoms with E-state index in [2.05, 4.69) is 67.5 Å². The van der Waals surface area contributed by atoms with E-state index in [1.807, 2.05) is 57.2 Å². The quantitative estimate of drug-likeness (QED) is 0.0744. The number of para-hydroxylation sites is 2. The minimum Gasteiger partial charge on any atom is -0.465 e. The van der Waals surface area contributed by atoms with E-state index >= 15 is 0 Å². The zero-order valence-electron chi connectivity index (χ0n) is 42.4. The average Bonchev–Trinajstić information content (AvgIpc) is 3.90. The van der Waals surface area contributed by atoms with Gasteiger partial charge in [-0.05, 0) is 135 Å². The van der Waals surface area contributed by atoms with Crippen molar-refractivity contribution in [2.75, 3.05) is 17.7 Å². The molecule has 0 fully saturated rings. The van der Waals surface area contributed by atoms with Crippen molar-refractivity contribution in [1.82, 2.24) is 40.1 Å². The van der Waals surface area contributed by atoms with Gasteiger partial charge >= 0.3 is 18.2 Å². The minimum absolute atomic E-state index is 0.164. The molecule has 2 aromatic carbocycles. The number of aryl methyl sites for hydroxylation is 2. The van der Waals surface area contributed by atoms with Gasteiger partial charge in [-0.25, -0.2) is 39.2 Å². The Hall–Kier alpha value is -7.04. The van der Waals surface area contributed by atoms with Gasteiger partial charge in [-0.1, -0.05) is 24.3 Å². The molecule has 5 N–H and O–H groups in total. The Kier molecular flexibility index (Phi) is 13.8. The van der Waals surface area contributed by atoms with E-state index in [9.17, 15) is 19.2 Å². The highest BCUT2D eigenvalue weighted by molar-refractivity contribution is 6.08. The number of fused-ring (bicyclic) bond motifs is 3. The van der Waals surface area contributed by atoms with Crippen molar-refractivity contribution in [3.05, 3.63) is 82.4 Å². The summed E-state index contributed by atoms with van der Waals surface area (Å²) >= 11 is 0. The van der Waals surface area contributed by atoms with E-state index in [-0.39, 0.29) is 17.0 Å². The molecule has 2 atom stereocenters. The van der Waals surface area contributed by atoms with Gasteiger partial charge in [0.05, 0.1) is 64.1 Å². The third-order valence-corrected chi connectivity index (χ3v) is 10.4. The predicted molar refractivity (Wildman–Crippen MR) is 265 cm³/mol. The molecule has 17 nitrogen and oxygen atoms in total. The number of benzene rings is 2. The summed E-state index contributed by atoms with van der Waals surface area (Å²) in [4.78, 5) is 77.6. The summed E-state index contributed by atoms with van der Waals surface area (Å²) in [7, 11) is 1.32. The van der Waals surface area contributed by atoms with Gasteiger partial charge < -0.3 is 40.1 Å². The van der Waals surface area contributed by atoms with Gasteiger partial charge in [-0.2, -0.15) is 0 Å². The van der Waals surface area contributed by atoms with Gasteiger partial charge in [0.15, 0.2) is 0 Å². The number of H-pyrrole nitrogens is 2. The number of amides is 3. The molecular formula is C51H66N10O7. The van der Waals surface area contributed by atoms with Crippen LogP contribution >= 0.6 is 0 Å². The fourth-order valence-corrected chi connectivity index (χ4v) is 7.61. The van der Waals surface area contributed by atoms with Crippen molar-refractivity contribution < 1.29 is 33.4 Å². The number of carbonyl (C=O) groups is 4. The fourth-order valence-electron chi connectivity index (χ4n) is 7.61. The molecule has 7 rings (SSSR count). The normalized spacial score (nSPS) is 14.5. The lowest BCUT2D eigenvalue weighted by atomic mass is 10.1. The number of hydrogen-bond acceptors (Lipinski definition) is 13. The summed E-state index contributed by atoms with van der Waals surface area (Å²) in [5.74, 6) is 0.531. The maximum absolute atomic E-state index is 13.1. The highest BCUT2D eigenvalue weighted by Crippen LogP contribution is 2.39. The van der Waals surface area contributed by atoms with Crippen molar-refractivity contribution in [3.8, 4) is 22.5 Å². The first-order valence-corrected chi connectivity index (χ1v) is 22.7. The minimum atomic E-state index is -0.683. The zero-order chi connectivity index (χ0) is 50.4. The SMILES string of the molecule is COC(=O)c1cc(-c2cccc3nc(C)c(NC(C)(C)C)nc23)[nH]c1C(C)NC(=O)OC(C)(C)C.Cc1nc2cccc(-c3cc4c([nH]3)C(C)N(C(=O)OC(C)(C)C)C4=O)c2nc1NC(C)(C)C. The Morgan fingerprint density at radius 2 is 1.18 bits per heavy atom. The molecule has 0 radical (unpaired) electrons. The number of hydrogen-bond donors (Lipinski definition) is 5. The number of nitrogens with zero attached hydrogens (tertiary/aromatic N) is 5. The molecule has 17 heteroatoms. The average molecular weight is 931 g/mol. The number of esters is 1. The molecule has 2 unspecified atom stereocenters. The number of aromatic nitrogens is 6. The molecule has 1 aliphatic heterocycles. The van der Waals surface area contributed by atoms with Gasteiger partial charge in [0.2, 0.25) is 0 Å². The lowest BCUT2D eigenvalue weighted by molar-refractivity contribution is 0.0199. The smallest absolute Gasteiger partial charge is 0.417 e. The lowest BCUT2D eigenvalue weighted by Crippen LogP contribution is -2.38. The fraction of sp³-hybridized carbons (Fsp3) is 0.451. The van der Waals surface area contributed by atoms with Crippen molar-refractivity contribution in [2.45, 2.75) is 145 Å². The second kappa shape index (κ2) is 18.6. The molecule has 0 bridgehead atoms. The summed E-state index contributed by atoms with van der Waals surface area (Å²) in [5.41, 5.74) is 7.85. The first-order valence-electron chi connectivity index (χ1n) is 22.7. The van der Waals surface area contributed by atoms with Crippen molar-refractivity contribution in [3.63, 3.8) is 0 Å². The predicted octanol–water partition coefficient (Wildman–Crippen LogP) is 11.1. The molecule has 0 saturated heterocycles. The van der Waals surface area contributed by atoms with E-state index in [0.717, 1.165) is 55.5 Å². The van der Waals surface area contributed by atoms with Crippen LogP contribution in [-0.4, -0.2) is 88.3 Å². The van der Waals surface area contributed by atoms with Crippen LogP contribution in [0.4, 0.5) is 21.2 Å². The van der Waals surface area contributed by atoms with E-state index in [4.69, 9.17) is 34.1 Å². The number of methoxy groups -OCH3 is 1. The van der Waals surface area contributed by atoms with Crippen LogP contribution < -0.4 is 16.0 Å². The Morgan fingerprint density at radius 3 is 1.62 bits per heavy atom. The molecule has 4 aromatic heterocycles. The summed E-state index contributed by atoms with van der Waals surface area (Å²) < 4.78 is 15.8. The maximum Gasteiger partial charge on any atom is 0.417 e. The molecular weight excluding hydrogens is 865 g/mol. The molecule has 3 amide bonds. The second-order valence-electron chi connectivity index (χ2n) is 21.1. The zero-order valence-corrected chi connectivity index (χ0v) is 42.4. The second-order valence-corrected chi connectivity index (χ2v) is 21.1. The number of alkyl carbamates (subject to hydrolysis) is 1. The molecule has 0 aliphatic carbocycles. The van der Waals surface area contributed by atoms with Crippen LogP contribution in [0.2, 0.25) is 0 Å². The van der Waals surface area contributed by atoms with E-state index in [0.29, 0.717) is 39.5 Å². The molecule has 1 aliphatic rings. The number of carbonyl (C=O) groups excluding carboxylic acids is 4. The Balaban J connectivity index is 0.000000224. The van der Waals surface area contributed by atoms with Gasteiger partial charge in [0, 0.05) is 33.6 Å². The molecule has 0 saturated carbocycles. The molecule has 5 heterocycles. The molecule has 6 aromatic rings. The molecule has 362 valence electrons. The number of anilines is 2. The van der Waals surface area contributed by atoms with Gasteiger partial charge in [-0.3, -0.25) is 4.79 Å². The van der Waals surface area contributed by atoms with Gasteiger partial charge in [0.25, 0.3) is 5.91 Å². The highest BCUT2D eigenvalue weighted by Gasteiger charge is 2.42. The number of ether oxygens (including phenoxy) is 3. The Labute approximate surface area is 398 Å². The number of aromatic amines is 2. The largest absolute Gasteiger partial charge is 0.465 e. The van der Waals surface area contributed by atoms with Crippen molar-refractivity contribution in [1.29, 1.82) is 0 Å². The van der Waals surface area contributed by atoms with Crippen molar-refractivity contribution in [2.24, 2.45) is 0 Å². The number of rotatable bonds is 7. The first-order chi connectivity index (χ1) is 31.4. The third-order valence-electron chi connectivity index (χ3n) is 10.4. The summed E-state index contributed by atoms with van der Waals surface area (Å²) in [6.45, 7) is 30.5. The third kappa shape index (κ3) is 11.5. The summed E-state index contributed by atoms with van der Waals surface area (Å²) in [6, 6.07) is 14.0. The standard InChI is InChI=1S/C26H35N5O4.C25H31N5O3/c1-14(28-24(33)35-26(6,7)8)20-17(23(32)34-9)13-19(29-20)16-11-10-12-18-21(16)30-22(15(2)27-18)31-25(3,4)5;1-13-21(29-24(3,4)5)28-20-15(10-9-11-17(20)26-13)18-12-16-19(27-18)14(2)30(22(16)31)23(32)33-25(6,7)8/h10-14,29H,1-9H3,(H,28,33)(H,30,31);9-12,14,27H,1-8H3,(H,28,29). The number of imide groups is 1. The number of nitrogens with one attached hydrogen (secondary N) is 5. The van der Waals surface area contributed by atoms with E-state index in [1.165, 1.54) is 7.11 Å². The van der Waals surface area contributed by atoms with Crippen LogP contribution in [0.15, 0.2) is 48.5 Å². The first kappa shape index (κ1) is 50.4. The van der Waals surface area contributed by atoms with Crippen LogP contribution in [-0.2, 0) is 14.2 Å². The van der Waals surface area contributed by atoms with Crippen LogP contribution in [0.1, 0.15) is 153 Å².